The molecule has 1 fully saturated rings. The van der Waals surface area contributed by atoms with Crippen molar-refractivity contribution >= 4 is 28.6 Å². The highest BCUT2D eigenvalue weighted by Crippen LogP contribution is 2.32. The number of carbonyl (C=O) groups is 1. The molecule has 0 radical (unpaired) electrons. The molecule has 0 unspecified atom stereocenters. The zero-order valence-electron chi connectivity index (χ0n) is 17.1. The molecule has 5 heteroatoms. The second-order valence-electron chi connectivity index (χ2n) is 7.74. The van der Waals surface area contributed by atoms with Gasteiger partial charge in [-0.3, -0.25) is 4.79 Å². The molecule has 0 N–H and O–H groups in total. The van der Waals surface area contributed by atoms with Gasteiger partial charge in [0.15, 0.2) is 5.82 Å². The van der Waals surface area contributed by atoms with Gasteiger partial charge in [-0.05, 0) is 38.8 Å². The first-order chi connectivity index (χ1) is 14.1. The topological polar surface area (TPSA) is 46.1 Å². The van der Waals surface area contributed by atoms with E-state index in [4.69, 9.17) is 9.97 Å². The Balaban J connectivity index is 1.67. The minimum Gasteiger partial charge on any atom is -0.342 e. The largest absolute Gasteiger partial charge is 0.342 e. The zero-order valence-corrected chi connectivity index (χ0v) is 17.9. The van der Waals surface area contributed by atoms with E-state index in [1.807, 2.05) is 48.2 Å². The molecule has 0 aliphatic carbocycles. The lowest BCUT2D eigenvalue weighted by Gasteiger charge is -2.24. The van der Waals surface area contributed by atoms with Gasteiger partial charge in [0, 0.05) is 24.0 Å². The Morgan fingerprint density at radius 3 is 2.45 bits per heavy atom. The van der Waals surface area contributed by atoms with Crippen LogP contribution in [0, 0.1) is 6.92 Å². The summed E-state index contributed by atoms with van der Waals surface area (Å²) in [7, 11) is 0. The molecule has 0 bridgehead atoms. The first-order valence-corrected chi connectivity index (χ1v) is 11.3. The molecule has 1 aliphatic rings. The van der Waals surface area contributed by atoms with Crippen LogP contribution in [0.4, 0.5) is 0 Å². The van der Waals surface area contributed by atoms with Gasteiger partial charge in [-0.1, -0.05) is 66.6 Å². The van der Waals surface area contributed by atoms with Gasteiger partial charge in [0.1, 0.15) is 5.03 Å². The maximum Gasteiger partial charge on any atom is 0.235 e. The zero-order chi connectivity index (χ0) is 20.2. The summed E-state index contributed by atoms with van der Waals surface area (Å²) in [5.74, 6) is 0.927. The summed E-state index contributed by atoms with van der Waals surface area (Å²) in [5, 5.41) is 1.73. The number of aryl methyl sites for hydroxylation is 1. The van der Waals surface area contributed by atoms with E-state index >= 15 is 0 Å². The maximum atomic E-state index is 13.1. The fourth-order valence-corrected chi connectivity index (χ4v) is 4.80. The van der Waals surface area contributed by atoms with Crippen LogP contribution in [0.2, 0.25) is 0 Å². The first-order valence-electron chi connectivity index (χ1n) is 10.4. The predicted molar refractivity (Wildman–Crippen MR) is 120 cm³/mol. The predicted octanol–water partition coefficient (Wildman–Crippen LogP) is 5.49. The number of aromatic nitrogens is 2. The van der Waals surface area contributed by atoms with Gasteiger partial charge in [-0.25, -0.2) is 9.97 Å². The van der Waals surface area contributed by atoms with Crippen molar-refractivity contribution < 1.29 is 4.79 Å². The molecule has 2 aromatic carbocycles. The van der Waals surface area contributed by atoms with Crippen molar-refractivity contribution in [3.05, 3.63) is 54.1 Å². The van der Waals surface area contributed by atoms with E-state index < -0.39 is 0 Å². The number of likely N-dealkylation sites (tertiary alicyclic amines) is 1. The van der Waals surface area contributed by atoms with Crippen LogP contribution >= 0.6 is 11.8 Å². The molecule has 0 spiro atoms. The SMILES string of the molecule is Cc1ccc2nc(-c3ccccc3)nc(S[C@@H](C)C(=O)N3CCCCCC3)c2c1. The highest BCUT2D eigenvalue weighted by atomic mass is 32.2. The van der Waals surface area contributed by atoms with E-state index in [9.17, 15) is 4.79 Å². The Hall–Kier alpha value is -2.40. The molecule has 4 rings (SSSR count). The number of rotatable bonds is 4. The van der Waals surface area contributed by atoms with Crippen LogP contribution in [0.3, 0.4) is 0 Å². The number of fused-ring (bicyclic) bond motifs is 1. The number of hydrogen-bond acceptors (Lipinski definition) is 4. The minimum atomic E-state index is -0.171. The molecule has 4 nitrogen and oxygen atoms in total. The van der Waals surface area contributed by atoms with Crippen molar-refractivity contribution in [3.8, 4) is 11.4 Å². The summed E-state index contributed by atoms with van der Waals surface area (Å²) in [6.07, 6.45) is 4.66. The molecule has 29 heavy (non-hydrogen) atoms. The van der Waals surface area contributed by atoms with E-state index in [0.717, 1.165) is 47.4 Å². The second kappa shape index (κ2) is 8.95. The Kier molecular flexibility index (Phi) is 6.14. The number of nitrogens with zero attached hydrogens (tertiary/aromatic N) is 3. The number of benzene rings is 2. The van der Waals surface area contributed by atoms with Crippen LogP contribution in [-0.2, 0) is 4.79 Å². The molecule has 150 valence electrons. The molecule has 3 aromatic rings. The van der Waals surface area contributed by atoms with Crippen LogP contribution in [0.15, 0.2) is 53.6 Å². The summed E-state index contributed by atoms with van der Waals surface area (Å²) in [4.78, 5) is 24.8. The second-order valence-corrected chi connectivity index (χ2v) is 9.07. The summed E-state index contributed by atoms with van der Waals surface area (Å²) in [5.41, 5.74) is 3.08. The number of thioether (sulfide) groups is 1. The molecular weight excluding hydrogens is 378 g/mol. The van der Waals surface area contributed by atoms with E-state index in [0.29, 0.717) is 5.82 Å². The third-order valence-corrected chi connectivity index (χ3v) is 6.49. The first kappa shape index (κ1) is 19.9. The molecular formula is C24H27N3OS. The molecule has 1 aliphatic heterocycles. The Morgan fingerprint density at radius 1 is 1.00 bits per heavy atom. The summed E-state index contributed by atoms with van der Waals surface area (Å²) >= 11 is 1.56. The lowest BCUT2D eigenvalue weighted by molar-refractivity contribution is -0.130. The van der Waals surface area contributed by atoms with Gasteiger partial charge in [-0.15, -0.1) is 0 Å². The van der Waals surface area contributed by atoms with Gasteiger partial charge in [0.25, 0.3) is 0 Å². The van der Waals surface area contributed by atoms with E-state index in [1.54, 1.807) is 11.8 Å². The van der Waals surface area contributed by atoms with E-state index in [2.05, 4.69) is 19.1 Å². The third-order valence-electron chi connectivity index (χ3n) is 5.40. The van der Waals surface area contributed by atoms with Crippen molar-refractivity contribution in [1.82, 2.24) is 14.9 Å². The van der Waals surface area contributed by atoms with Gasteiger partial charge < -0.3 is 4.90 Å². The van der Waals surface area contributed by atoms with Gasteiger partial charge in [0.2, 0.25) is 5.91 Å². The lowest BCUT2D eigenvalue weighted by Crippen LogP contribution is -2.37. The van der Waals surface area contributed by atoms with Crippen LogP contribution in [0.5, 0.6) is 0 Å². The smallest absolute Gasteiger partial charge is 0.235 e. The fraction of sp³-hybridized carbons (Fsp3) is 0.375. The average molecular weight is 406 g/mol. The molecule has 1 amide bonds. The summed E-state index contributed by atoms with van der Waals surface area (Å²) in [6.45, 7) is 5.83. The van der Waals surface area contributed by atoms with Gasteiger partial charge in [-0.2, -0.15) is 0 Å². The molecule has 2 heterocycles. The quantitative estimate of drug-likeness (QED) is 0.425. The number of hydrogen-bond donors (Lipinski definition) is 0. The minimum absolute atomic E-state index is 0.171. The van der Waals surface area contributed by atoms with Crippen molar-refractivity contribution in [1.29, 1.82) is 0 Å². The van der Waals surface area contributed by atoms with Crippen molar-refractivity contribution in [2.45, 2.75) is 49.8 Å². The molecule has 1 aromatic heterocycles. The van der Waals surface area contributed by atoms with Gasteiger partial charge in [0.05, 0.1) is 10.8 Å². The Morgan fingerprint density at radius 2 is 1.72 bits per heavy atom. The van der Waals surface area contributed by atoms with Crippen LogP contribution < -0.4 is 0 Å². The highest BCUT2D eigenvalue weighted by molar-refractivity contribution is 8.00. The van der Waals surface area contributed by atoms with Crippen molar-refractivity contribution in [3.63, 3.8) is 0 Å². The average Bonchev–Trinajstić information content (AvgIpc) is 3.03. The molecule has 0 saturated carbocycles. The van der Waals surface area contributed by atoms with E-state index in [-0.39, 0.29) is 11.2 Å². The van der Waals surface area contributed by atoms with Crippen LogP contribution in [-0.4, -0.2) is 39.1 Å². The standard InChI is InChI=1S/C24H27N3OS/c1-17-12-13-21-20(16-17)23(26-22(25-21)19-10-6-5-7-11-19)29-18(2)24(28)27-14-8-3-4-9-15-27/h5-7,10-13,16,18H,3-4,8-9,14-15H2,1-2H3/t18-/m0/s1. The summed E-state index contributed by atoms with van der Waals surface area (Å²) in [6, 6.07) is 16.3. The Bertz CT molecular complexity index is 998. The van der Waals surface area contributed by atoms with Crippen molar-refractivity contribution in [2.24, 2.45) is 0 Å². The third kappa shape index (κ3) is 4.61. The molecule has 1 atom stereocenters. The van der Waals surface area contributed by atoms with Crippen LogP contribution in [0.25, 0.3) is 22.3 Å². The van der Waals surface area contributed by atoms with E-state index in [1.165, 1.54) is 18.4 Å². The van der Waals surface area contributed by atoms with Crippen molar-refractivity contribution in [2.75, 3.05) is 13.1 Å². The monoisotopic (exact) mass is 405 g/mol. The lowest BCUT2D eigenvalue weighted by atomic mass is 10.1. The van der Waals surface area contributed by atoms with Crippen LogP contribution in [0.1, 0.15) is 38.2 Å². The molecule has 1 saturated heterocycles. The number of amides is 1. The fourth-order valence-electron chi connectivity index (χ4n) is 3.79. The normalized spacial score (nSPS) is 15.9. The summed E-state index contributed by atoms with van der Waals surface area (Å²) < 4.78 is 0. The Labute approximate surface area is 176 Å². The number of carbonyl (C=O) groups excluding carboxylic acids is 1. The maximum absolute atomic E-state index is 13.1. The highest BCUT2D eigenvalue weighted by Gasteiger charge is 2.24. The van der Waals surface area contributed by atoms with Gasteiger partial charge >= 0.3 is 0 Å².